The topological polar surface area (TPSA) is 54.5 Å². The molecule has 2 rings (SSSR count). The number of nitrogens with zero attached hydrogens (tertiary/aromatic N) is 2. The van der Waals surface area contributed by atoms with Gasteiger partial charge >= 0.3 is 0 Å². The van der Waals surface area contributed by atoms with E-state index in [0.29, 0.717) is 5.82 Å². The lowest BCUT2D eigenvalue weighted by Crippen LogP contribution is -2.36. The van der Waals surface area contributed by atoms with Gasteiger partial charge in [0.2, 0.25) is 5.91 Å². The third-order valence-electron chi connectivity index (χ3n) is 3.44. The van der Waals surface area contributed by atoms with Crippen molar-refractivity contribution >= 4 is 17.4 Å². The second-order valence-electron chi connectivity index (χ2n) is 4.80. The average Bonchev–Trinajstić information content (AvgIpc) is 2.48. The van der Waals surface area contributed by atoms with Crippen LogP contribution in [0.25, 0.3) is 0 Å². The fraction of sp³-hybridized carbons (Fsp3) is 0.571. The van der Waals surface area contributed by atoms with Crippen LogP contribution >= 0.6 is 0 Å². The zero-order chi connectivity index (χ0) is 13.7. The maximum Gasteiger partial charge on any atom is 0.228 e. The van der Waals surface area contributed by atoms with Crippen molar-refractivity contribution < 1.29 is 9.53 Å². The first-order chi connectivity index (χ1) is 9.20. The van der Waals surface area contributed by atoms with Crippen LogP contribution in [0.2, 0.25) is 0 Å². The molecule has 1 fully saturated rings. The summed E-state index contributed by atoms with van der Waals surface area (Å²) in [4.78, 5) is 18.3. The van der Waals surface area contributed by atoms with Crippen LogP contribution in [0.15, 0.2) is 18.3 Å². The summed E-state index contributed by atoms with van der Waals surface area (Å²) in [6.45, 7) is 7.20. The molecule has 1 amide bonds. The minimum atomic E-state index is 0.0146. The Morgan fingerprint density at radius 3 is 2.79 bits per heavy atom. The van der Waals surface area contributed by atoms with Crippen molar-refractivity contribution in [2.24, 2.45) is 5.92 Å². The summed E-state index contributed by atoms with van der Waals surface area (Å²) in [6.07, 6.45) is 2.63. The Morgan fingerprint density at radius 1 is 1.47 bits per heavy atom. The largest absolute Gasteiger partial charge is 0.378 e. The number of amides is 1. The van der Waals surface area contributed by atoms with Crippen LogP contribution in [0.4, 0.5) is 11.5 Å². The molecule has 19 heavy (non-hydrogen) atoms. The highest BCUT2D eigenvalue weighted by Crippen LogP contribution is 2.17. The number of hydrogen-bond donors (Lipinski definition) is 1. The van der Waals surface area contributed by atoms with Gasteiger partial charge < -0.3 is 15.0 Å². The Bertz CT molecular complexity index is 413. The summed E-state index contributed by atoms with van der Waals surface area (Å²) >= 11 is 0. The summed E-state index contributed by atoms with van der Waals surface area (Å²) in [5, 5.41) is 2.83. The highest BCUT2D eigenvalue weighted by Gasteiger charge is 2.13. The highest BCUT2D eigenvalue weighted by atomic mass is 16.5. The Hall–Kier alpha value is -1.62. The fourth-order valence-corrected chi connectivity index (χ4v) is 1.90. The van der Waals surface area contributed by atoms with Gasteiger partial charge in [-0.2, -0.15) is 0 Å². The number of morpholine rings is 1. The Morgan fingerprint density at radius 2 is 2.21 bits per heavy atom. The summed E-state index contributed by atoms with van der Waals surface area (Å²) in [5.41, 5.74) is 1.07. The zero-order valence-corrected chi connectivity index (χ0v) is 11.6. The molecule has 1 aliphatic heterocycles. The molecule has 0 aromatic carbocycles. The number of hydrogen-bond acceptors (Lipinski definition) is 4. The molecule has 0 radical (unpaired) electrons. The fourth-order valence-electron chi connectivity index (χ4n) is 1.90. The van der Waals surface area contributed by atoms with E-state index in [1.165, 1.54) is 0 Å². The van der Waals surface area contributed by atoms with E-state index < -0.39 is 0 Å². The lowest BCUT2D eigenvalue weighted by atomic mass is 10.1. The normalized spacial score (nSPS) is 17.1. The van der Waals surface area contributed by atoms with Crippen LogP contribution in [0.1, 0.15) is 20.3 Å². The van der Waals surface area contributed by atoms with Gasteiger partial charge in [0.1, 0.15) is 5.82 Å². The first-order valence-electron chi connectivity index (χ1n) is 6.80. The molecule has 1 atom stereocenters. The molecule has 1 N–H and O–H groups in total. The first kappa shape index (κ1) is 13.8. The van der Waals surface area contributed by atoms with Gasteiger partial charge in [0.15, 0.2) is 0 Å². The second-order valence-corrected chi connectivity index (χ2v) is 4.80. The van der Waals surface area contributed by atoms with E-state index >= 15 is 0 Å². The van der Waals surface area contributed by atoms with E-state index in [9.17, 15) is 4.79 Å². The molecule has 0 aliphatic carbocycles. The molecule has 5 nitrogen and oxygen atoms in total. The lowest BCUT2D eigenvalue weighted by molar-refractivity contribution is -0.119. The molecule has 1 saturated heterocycles. The van der Waals surface area contributed by atoms with Crippen molar-refractivity contribution in [3.63, 3.8) is 0 Å². The van der Waals surface area contributed by atoms with E-state index in [0.717, 1.165) is 38.4 Å². The molecule has 104 valence electrons. The van der Waals surface area contributed by atoms with Crippen molar-refractivity contribution in [2.75, 3.05) is 36.5 Å². The molecule has 1 aliphatic rings. The predicted octanol–water partition coefficient (Wildman–Crippen LogP) is 1.90. The summed E-state index contributed by atoms with van der Waals surface area (Å²) < 4.78 is 5.32. The third kappa shape index (κ3) is 3.67. The number of carbonyl (C=O) groups is 1. The van der Waals surface area contributed by atoms with Gasteiger partial charge in [-0.1, -0.05) is 13.8 Å². The smallest absolute Gasteiger partial charge is 0.228 e. The summed E-state index contributed by atoms with van der Waals surface area (Å²) in [5.74, 6) is 0.650. The van der Waals surface area contributed by atoms with Gasteiger partial charge in [0, 0.05) is 19.0 Å². The monoisotopic (exact) mass is 263 g/mol. The molecule has 0 spiro atoms. The molecule has 1 aromatic heterocycles. The Balaban J connectivity index is 1.96. The SMILES string of the molecule is CC[C@@H](C)C(=O)Nc1ccc(N2CCOCC2)cn1. The zero-order valence-electron chi connectivity index (χ0n) is 11.6. The number of aromatic nitrogens is 1. The van der Waals surface area contributed by atoms with Crippen LogP contribution in [0, 0.1) is 5.92 Å². The first-order valence-corrected chi connectivity index (χ1v) is 6.80. The van der Waals surface area contributed by atoms with Gasteiger partial charge in [-0.3, -0.25) is 4.79 Å². The molecule has 2 heterocycles. The summed E-state index contributed by atoms with van der Waals surface area (Å²) in [6, 6.07) is 3.84. The quantitative estimate of drug-likeness (QED) is 0.901. The summed E-state index contributed by atoms with van der Waals surface area (Å²) in [7, 11) is 0. The number of nitrogens with one attached hydrogen (secondary N) is 1. The van der Waals surface area contributed by atoms with Crippen LogP contribution in [-0.2, 0) is 9.53 Å². The highest BCUT2D eigenvalue weighted by molar-refractivity contribution is 5.91. The Labute approximate surface area is 114 Å². The maximum atomic E-state index is 11.8. The number of pyridine rings is 1. The Kier molecular flexibility index (Phi) is 4.74. The number of rotatable bonds is 4. The average molecular weight is 263 g/mol. The second kappa shape index (κ2) is 6.52. The van der Waals surface area contributed by atoms with Crippen molar-refractivity contribution in [1.29, 1.82) is 0 Å². The molecule has 1 aromatic rings. The van der Waals surface area contributed by atoms with E-state index in [2.05, 4.69) is 15.2 Å². The van der Waals surface area contributed by atoms with Gasteiger partial charge in [0.05, 0.1) is 25.1 Å². The van der Waals surface area contributed by atoms with E-state index in [-0.39, 0.29) is 11.8 Å². The van der Waals surface area contributed by atoms with E-state index in [1.54, 1.807) is 6.20 Å². The van der Waals surface area contributed by atoms with Crippen LogP contribution in [0.3, 0.4) is 0 Å². The molecule has 0 unspecified atom stereocenters. The standard InChI is InChI=1S/C14H21N3O2/c1-3-11(2)14(18)16-13-5-4-12(10-15-13)17-6-8-19-9-7-17/h4-5,10-11H,3,6-9H2,1-2H3,(H,15,16,18)/t11-/m1/s1. The lowest BCUT2D eigenvalue weighted by Gasteiger charge is -2.28. The van der Waals surface area contributed by atoms with Crippen LogP contribution in [-0.4, -0.2) is 37.2 Å². The molecular weight excluding hydrogens is 242 g/mol. The van der Waals surface area contributed by atoms with E-state index in [4.69, 9.17) is 4.74 Å². The minimum absolute atomic E-state index is 0.0146. The van der Waals surface area contributed by atoms with Gasteiger partial charge in [-0.15, -0.1) is 0 Å². The predicted molar refractivity (Wildman–Crippen MR) is 75.4 cm³/mol. The molecule has 5 heteroatoms. The van der Waals surface area contributed by atoms with Crippen molar-refractivity contribution in [1.82, 2.24) is 4.98 Å². The minimum Gasteiger partial charge on any atom is -0.378 e. The van der Waals surface area contributed by atoms with E-state index in [1.807, 2.05) is 26.0 Å². The number of ether oxygens (including phenoxy) is 1. The van der Waals surface area contributed by atoms with Crippen molar-refractivity contribution in [2.45, 2.75) is 20.3 Å². The van der Waals surface area contributed by atoms with Crippen LogP contribution in [0.5, 0.6) is 0 Å². The van der Waals surface area contributed by atoms with Crippen molar-refractivity contribution in [3.8, 4) is 0 Å². The van der Waals surface area contributed by atoms with Gasteiger partial charge in [0.25, 0.3) is 0 Å². The number of carbonyl (C=O) groups excluding carboxylic acids is 1. The van der Waals surface area contributed by atoms with Crippen LogP contribution < -0.4 is 10.2 Å². The molecular formula is C14H21N3O2. The third-order valence-corrected chi connectivity index (χ3v) is 3.44. The van der Waals surface area contributed by atoms with Gasteiger partial charge in [-0.25, -0.2) is 4.98 Å². The van der Waals surface area contributed by atoms with Crippen molar-refractivity contribution in [3.05, 3.63) is 18.3 Å². The molecule has 0 saturated carbocycles. The molecule has 0 bridgehead atoms. The van der Waals surface area contributed by atoms with Gasteiger partial charge in [-0.05, 0) is 18.6 Å². The maximum absolute atomic E-state index is 11.8. The number of anilines is 2.